The second kappa shape index (κ2) is 8.20. The van der Waals surface area contributed by atoms with Crippen LogP contribution in [0.15, 0.2) is 47.6 Å². The fourth-order valence-corrected chi connectivity index (χ4v) is 3.40. The molecule has 0 saturated carbocycles. The average molecular weight is 362 g/mol. The maximum absolute atomic E-state index is 11.3. The van der Waals surface area contributed by atoms with Crippen LogP contribution in [0.3, 0.4) is 0 Å². The van der Waals surface area contributed by atoms with E-state index in [4.69, 9.17) is 0 Å². The lowest BCUT2D eigenvalue weighted by molar-refractivity contribution is 0.461. The summed E-state index contributed by atoms with van der Waals surface area (Å²) in [7, 11) is 2.78. The summed E-state index contributed by atoms with van der Waals surface area (Å²) < 4.78 is 24.8. The summed E-state index contributed by atoms with van der Waals surface area (Å²) in [5.41, 5.74) is 3.08. The van der Waals surface area contributed by atoms with E-state index < -0.39 is 9.84 Å². The van der Waals surface area contributed by atoms with E-state index in [1.54, 1.807) is 7.05 Å². The SMILES string of the molecule is CN=C(NCc1ccc(CS(C)(=O)=O)cc1)N(C)Cc1cccn1C. The van der Waals surface area contributed by atoms with Gasteiger partial charge in [-0.2, -0.15) is 0 Å². The molecule has 0 fully saturated rings. The van der Waals surface area contributed by atoms with Gasteiger partial charge in [-0.25, -0.2) is 8.42 Å². The molecule has 0 atom stereocenters. The Morgan fingerprint density at radius 1 is 1.20 bits per heavy atom. The molecule has 0 amide bonds. The molecule has 25 heavy (non-hydrogen) atoms. The highest BCUT2D eigenvalue weighted by Crippen LogP contribution is 2.08. The molecule has 0 aliphatic heterocycles. The molecule has 2 aromatic rings. The lowest BCUT2D eigenvalue weighted by Crippen LogP contribution is -2.38. The van der Waals surface area contributed by atoms with Gasteiger partial charge in [0, 0.05) is 45.8 Å². The lowest BCUT2D eigenvalue weighted by atomic mass is 10.1. The molecule has 0 unspecified atom stereocenters. The van der Waals surface area contributed by atoms with Gasteiger partial charge >= 0.3 is 0 Å². The Kier molecular flexibility index (Phi) is 6.25. The molecule has 1 aromatic heterocycles. The molecule has 136 valence electrons. The van der Waals surface area contributed by atoms with E-state index in [2.05, 4.69) is 25.8 Å². The monoisotopic (exact) mass is 362 g/mol. The van der Waals surface area contributed by atoms with Gasteiger partial charge in [-0.05, 0) is 23.3 Å². The van der Waals surface area contributed by atoms with Crippen molar-refractivity contribution >= 4 is 15.8 Å². The summed E-state index contributed by atoms with van der Waals surface area (Å²) >= 11 is 0. The molecule has 0 saturated heterocycles. The molecule has 7 heteroatoms. The summed E-state index contributed by atoms with van der Waals surface area (Å²) in [6.07, 6.45) is 3.27. The quantitative estimate of drug-likeness (QED) is 0.628. The standard InChI is InChI=1S/C18H26N4O2S/c1-19-18(22(3)13-17-6-5-11-21(17)2)20-12-15-7-9-16(10-8-15)14-25(4,23)24/h5-11H,12-14H2,1-4H3,(H,19,20). The van der Waals surface area contributed by atoms with Crippen molar-refractivity contribution in [3.05, 3.63) is 59.4 Å². The number of sulfone groups is 1. The van der Waals surface area contributed by atoms with Gasteiger partial charge in [0.1, 0.15) is 0 Å². The van der Waals surface area contributed by atoms with E-state index in [-0.39, 0.29) is 5.75 Å². The van der Waals surface area contributed by atoms with E-state index in [0.717, 1.165) is 23.6 Å². The number of nitrogens with zero attached hydrogens (tertiary/aromatic N) is 3. The number of nitrogens with one attached hydrogen (secondary N) is 1. The van der Waals surface area contributed by atoms with Gasteiger partial charge in [-0.15, -0.1) is 0 Å². The van der Waals surface area contributed by atoms with Crippen molar-refractivity contribution in [2.45, 2.75) is 18.8 Å². The summed E-state index contributed by atoms with van der Waals surface area (Å²) in [5.74, 6) is 0.878. The van der Waals surface area contributed by atoms with Crippen molar-refractivity contribution < 1.29 is 8.42 Å². The van der Waals surface area contributed by atoms with Gasteiger partial charge in [0.05, 0.1) is 12.3 Å². The fraction of sp³-hybridized carbons (Fsp3) is 0.389. The van der Waals surface area contributed by atoms with E-state index in [0.29, 0.717) is 6.54 Å². The molecule has 0 spiro atoms. The molecular weight excluding hydrogens is 336 g/mol. The topological polar surface area (TPSA) is 66.7 Å². The Balaban J connectivity index is 1.93. The zero-order valence-corrected chi connectivity index (χ0v) is 16.0. The lowest BCUT2D eigenvalue weighted by Gasteiger charge is -2.22. The van der Waals surface area contributed by atoms with Crippen molar-refractivity contribution in [3.8, 4) is 0 Å². The van der Waals surface area contributed by atoms with Crippen LogP contribution in [-0.4, -0.2) is 44.2 Å². The molecule has 0 aliphatic carbocycles. The van der Waals surface area contributed by atoms with E-state index in [1.165, 1.54) is 11.9 Å². The Labute approximate surface area is 150 Å². The average Bonchev–Trinajstić information content (AvgIpc) is 2.93. The van der Waals surface area contributed by atoms with Crippen molar-refractivity contribution in [3.63, 3.8) is 0 Å². The zero-order valence-electron chi connectivity index (χ0n) is 15.2. The molecule has 0 radical (unpaired) electrons. The first kappa shape index (κ1) is 19.1. The van der Waals surface area contributed by atoms with Crippen LogP contribution in [0.25, 0.3) is 0 Å². The highest BCUT2D eigenvalue weighted by Gasteiger charge is 2.09. The highest BCUT2D eigenvalue weighted by molar-refractivity contribution is 7.89. The van der Waals surface area contributed by atoms with Crippen LogP contribution < -0.4 is 5.32 Å². The van der Waals surface area contributed by atoms with Crippen LogP contribution in [0.4, 0.5) is 0 Å². The molecule has 1 N–H and O–H groups in total. The largest absolute Gasteiger partial charge is 0.353 e. The van der Waals surface area contributed by atoms with E-state index >= 15 is 0 Å². The number of aryl methyl sites for hydroxylation is 1. The molecular formula is C18H26N4O2S. The fourth-order valence-electron chi connectivity index (χ4n) is 2.60. The second-order valence-corrected chi connectivity index (χ2v) is 8.39. The van der Waals surface area contributed by atoms with Gasteiger partial charge in [0.25, 0.3) is 0 Å². The zero-order chi connectivity index (χ0) is 18.4. The van der Waals surface area contributed by atoms with Gasteiger partial charge in [0.2, 0.25) is 0 Å². The Bertz CT molecular complexity index is 823. The Morgan fingerprint density at radius 2 is 1.84 bits per heavy atom. The van der Waals surface area contributed by atoms with Crippen LogP contribution in [0, 0.1) is 0 Å². The maximum Gasteiger partial charge on any atom is 0.194 e. The number of benzene rings is 1. The predicted octanol–water partition coefficient (Wildman–Crippen LogP) is 1.78. The maximum atomic E-state index is 11.3. The minimum absolute atomic E-state index is 0.0712. The van der Waals surface area contributed by atoms with Crippen LogP contribution in [0.1, 0.15) is 16.8 Å². The number of hydrogen-bond acceptors (Lipinski definition) is 3. The highest BCUT2D eigenvalue weighted by atomic mass is 32.2. The number of aromatic nitrogens is 1. The smallest absolute Gasteiger partial charge is 0.194 e. The number of aliphatic imine (C=N–C) groups is 1. The third-order valence-electron chi connectivity index (χ3n) is 3.93. The Morgan fingerprint density at radius 3 is 2.36 bits per heavy atom. The van der Waals surface area contributed by atoms with Crippen LogP contribution >= 0.6 is 0 Å². The molecule has 6 nitrogen and oxygen atoms in total. The summed E-state index contributed by atoms with van der Waals surface area (Å²) in [6, 6.07) is 11.7. The molecule has 1 aromatic carbocycles. The normalized spacial score (nSPS) is 12.2. The number of guanidine groups is 1. The van der Waals surface area contributed by atoms with Gasteiger partial charge in [-0.1, -0.05) is 24.3 Å². The van der Waals surface area contributed by atoms with Crippen molar-refractivity contribution in [1.29, 1.82) is 0 Å². The summed E-state index contributed by atoms with van der Waals surface area (Å²) in [4.78, 5) is 6.39. The van der Waals surface area contributed by atoms with Crippen molar-refractivity contribution in [2.75, 3.05) is 20.4 Å². The number of rotatable bonds is 6. The third kappa shape index (κ3) is 5.94. The van der Waals surface area contributed by atoms with Crippen LogP contribution in [0.2, 0.25) is 0 Å². The first-order valence-corrected chi connectivity index (χ1v) is 10.1. The van der Waals surface area contributed by atoms with E-state index in [1.807, 2.05) is 50.6 Å². The molecule has 0 aliphatic rings. The minimum Gasteiger partial charge on any atom is -0.353 e. The minimum atomic E-state index is -3.00. The van der Waals surface area contributed by atoms with Crippen molar-refractivity contribution in [2.24, 2.45) is 12.0 Å². The van der Waals surface area contributed by atoms with Gasteiger partial charge in [0.15, 0.2) is 15.8 Å². The summed E-state index contributed by atoms with van der Waals surface area (Å²) in [6.45, 7) is 1.39. The second-order valence-electron chi connectivity index (χ2n) is 6.25. The molecule has 2 rings (SSSR count). The molecule has 1 heterocycles. The van der Waals surface area contributed by atoms with Crippen LogP contribution in [0.5, 0.6) is 0 Å². The Hall–Kier alpha value is -2.28. The van der Waals surface area contributed by atoms with Crippen LogP contribution in [-0.2, 0) is 35.7 Å². The van der Waals surface area contributed by atoms with Crippen molar-refractivity contribution in [1.82, 2.24) is 14.8 Å². The third-order valence-corrected chi connectivity index (χ3v) is 4.78. The van der Waals surface area contributed by atoms with Gasteiger partial charge in [-0.3, -0.25) is 4.99 Å². The van der Waals surface area contributed by atoms with Gasteiger partial charge < -0.3 is 14.8 Å². The summed E-state index contributed by atoms with van der Waals surface area (Å²) in [5, 5.41) is 3.33. The number of hydrogen-bond donors (Lipinski definition) is 1. The first-order valence-electron chi connectivity index (χ1n) is 8.06. The van der Waals surface area contributed by atoms with E-state index in [9.17, 15) is 8.42 Å². The first-order chi connectivity index (χ1) is 11.8. The predicted molar refractivity (Wildman–Crippen MR) is 102 cm³/mol. The molecule has 0 bridgehead atoms.